The van der Waals surface area contributed by atoms with Gasteiger partial charge in [0.2, 0.25) is 5.89 Å². The highest BCUT2D eigenvalue weighted by atomic mass is 16.4. The van der Waals surface area contributed by atoms with Crippen molar-refractivity contribution in [3.05, 3.63) is 71.9 Å². The molecule has 0 radical (unpaired) electrons. The summed E-state index contributed by atoms with van der Waals surface area (Å²) in [5.74, 6) is 0.707. The molecule has 0 bridgehead atoms. The second kappa shape index (κ2) is 6.22. The number of nitrogens with zero attached hydrogens (tertiary/aromatic N) is 2. The first-order valence-electron chi connectivity index (χ1n) is 6.94. The molecule has 0 spiro atoms. The number of benzene rings is 1. The van der Waals surface area contributed by atoms with E-state index < -0.39 is 0 Å². The molecule has 5 nitrogen and oxygen atoms in total. The SMILES string of the molecule is Cc1oc(-c2ccccc2)nc1C(=O)NCc1ccncc1. The highest BCUT2D eigenvalue weighted by Crippen LogP contribution is 2.21. The van der Waals surface area contributed by atoms with Gasteiger partial charge in [0.1, 0.15) is 5.76 Å². The monoisotopic (exact) mass is 293 g/mol. The summed E-state index contributed by atoms with van der Waals surface area (Å²) in [7, 11) is 0. The molecule has 1 amide bonds. The number of aryl methyl sites for hydroxylation is 1. The molecule has 0 aliphatic heterocycles. The standard InChI is InChI=1S/C17H15N3O2/c1-12-15(16(21)19-11-13-7-9-18-10-8-13)20-17(22-12)14-5-3-2-4-6-14/h2-10H,11H2,1H3,(H,19,21). The van der Waals surface area contributed by atoms with E-state index in [1.165, 1.54) is 0 Å². The van der Waals surface area contributed by atoms with E-state index in [0.717, 1.165) is 11.1 Å². The van der Waals surface area contributed by atoms with Gasteiger partial charge < -0.3 is 9.73 Å². The van der Waals surface area contributed by atoms with Crippen molar-refractivity contribution in [2.75, 3.05) is 0 Å². The lowest BCUT2D eigenvalue weighted by atomic mass is 10.2. The van der Waals surface area contributed by atoms with Gasteiger partial charge in [0.05, 0.1) is 0 Å². The molecule has 22 heavy (non-hydrogen) atoms. The molecule has 0 saturated carbocycles. The summed E-state index contributed by atoms with van der Waals surface area (Å²) in [6.45, 7) is 2.16. The number of hydrogen-bond acceptors (Lipinski definition) is 4. The highest BCUT2D eigenvalue weighted by molar-refractivity contribution is 5.93. The van der Waals surface area contributed by atoms with Crippen molar-refractivity contribution in [3.8, 4) is 11.5 Å². The number of carbonyl (C=O) groups excluding carboxylic acids is 1. The van der Waals surface area contributed by atoms with Gasteiger partial charge in [-0.3, -0.25) is 9.78 Å². The van der Waals surface area contributed by atoms with Crippen molar-refractivity contribution >= 4 is 5.91 Å². The van der Waals surface area contributed by atoms with Crippen LogP contribution in [-0.4, -0.2) is 15.9 Å². The van der Waals surface area contributed by atoms with E-state index in [4.69, 9.17) is 4.42 Å². The Kier molecular flexibility index (Phi) is 3.96. The molecule has 2 heterocycles. The average molecular weight is 293 g/mol. The van der Waals surface area contributed by atoms with Crippen LogP contribution in [0.2, 0.25) is 0 Å². The lowest BCUT2D eigenvalue weighted by Gasteiger charge is -2.02. The van der Waals surface area contributed by atoms with Crippen molar-refractivity contribution in [2.24, 2.45) is 0 Å². The van der Waals surface area contributed by atoms with Gasteiger partial charge in [0, 0.05) is 24.5 Å². The first-order valence-corrected chi connectivity index (χ1v) is 6.94. The Labute approximate surface area is 128 Å². The second-order valence-corrected chi connectivity index (χ2v) is 4.83. The number of rotatable bonds is 4. The number of nitrogens with one attached hydrogen (secondary N) is 1. The van der Waals surface area contributed by atoms with Gasteiger partial charge in [-0.25, -0.2) is 4.98 Å². The predicted octanol–water partition coefficient (Wildman–Crippen LogP) is 2.98. The van der Waals surface area contributed by atoms with Crippen molar-refractivity contribution in [1.82, 2.24) is 15.3 Å². The number of oxazole rings is 1. The minimum absolute atomic E-state index is 0.250. The third-order valence-corrected chi connectivity index (χ3v) is 3.23. The Balaban J connectivity index is 1.74. The maximum Gasteiger partial charge on any atom is 0.273 e. The van der Waals surface area contributed by atoms with Gasteiger partial charge in [0.15, 0.2) is 5.69 Å². The van der Waals surface area contributed by atoms with Crippen molar-refractivity contribution in [3.63, 3.8) is 0 Å². The van der Waals surface area contributed by atoms with Gasteiger partial charge >= 0.3 is 0 Å². The molecule has 0 aliphatic carbocycles. The fourth-order valence-corrected chi connectivity index (χ4v) is 2.08. The van der Waals surface area contributed by atoms with Crippen LogP contribution in [0, 0.1) is 6.92 Å². The summed E-state index contributed by atoms with van der Waals surface area (Å²) < 4.78 is 5.59. The molecule has 3 aromatic rings. The first-order chi connectivity index (χ1) is 10.7. The molecule has 2 aromatic heterocycles. The van der Waals surface area contributed by atoms with Gasteiger partial charge in [-0.15, -0.1) is 0 Å². The van der Waals surface area contributed by atoms with Gasteiger partial charge in [-0.1, -0.05) is 18.2 Å². The first kappa shape index (κ1) is 14.0. The van der Waals surface area contributed by atoms with Crippen LogP contribution in [0.15, 0.2) is 59.3 Å². The molecular weight excluding hydrogens is 278 g/mol. The topological polar surface area (TPSA) is 68.0 Å². The highest BCUT2D eigenvalue weighted by Gasteiger charge is 2.17. The van der Waals surface area contributed by atoms with Crippen LogP contribution >= 0.6 is 0 Å². The zero-order valence-electron chi connectivity index (χ0n) is 12.1. The molecule has 0 aliphatic rings. The van der Waals surface area contributed by atoms with Crippen LogP contribution in [0.1, 0.15) is 21.8 Å². The Morgan fingerprint density at radius 2 is 1.86 bits per heavy atom. The molecule has 0 fully saturated rings. The smallest absolute Gasteiger partial charge is 0.273 e. The number of hydrogen-bond donors (Lipinski definition) is 1. The maximum absolute atomic E-state index is 12.2. The zero-order chi connectivity index (χ0) is 15.4. The molecule has 110 valence electrons. The maximum atomic E-state index is 12.2. The molecular formula is C17H15N3O2. The van der Waals surface area contributed by atoms with E-state index >= 15 is 0 Å². The fraction of sp³-hybridized carbons (Fsp3) is 0.118. The Morgan fingerprint density at radius 1 is 1.14 bits per heavy atom. The third kappa shape index (κ3) is 3.03. The van der Waals surface area contributed by atoms with E-state index in [1.807, 2.05) is 42.5 Å². The summed E-state index contributed by atoms with van der Waals surface area (Å²) in [5, 5.41) is 2.83. The summed E-state index contributed by atoms with van der Waals surface area (Å²) in [6.07, 6.45) is 3.38. The normalized spacial score (nSPS) is 10.4. The van der Waals surface area contributed by atoms with Gasteiger partial charge in [-0.2, -0.15) is 0 Å². The molecule has 0 saturated heterocycles. The molecule has 1 aromatic carbocycles. The molecule has 3 rings (SSSR count). The van der Waals surface area contributed by atoms with Gasteiger partial charge in [-0.05, 0) is 36.8 Å². The number of amides is 1. The summed E-state index contributed by atoms with van der Waals surface area (Å²) in [5.41, 5.74) is 2.14. The number of aromatic nitrogens is 2. The summed E-state index contributed by atoms with van der Waals surface area (Å²) >= 11 is 0. The van der Waals surface area contributed by atoms with Crippen LogP contribution in [0.4, 0.5) is 0 Å². The zero-order valence-corrected chi connectivity index (χ0v) is 12.1. The van der Waals surface area contributed by atoms with E-state index in [9.17, 15) is 4.79 Å². The van der Waals surface area contributed by atoms with E-state index in [-0.39, 0.29) is 5.91 Å². The minimum Gasteiger partial charge on any atom is -0.441 e. The van der Waals surface area contributed by atoms with Gasteiger partial charge in [0.25, 0.3) is 5.91 Å². The second-order valence-electron chi connectivity index (χ2n) is 4.83. The van der Waals surface area contributed by atoms with Crippen LogP contribution in [0.25, 0.3) is 11.5 Å². The van der Waals surface area contributed by atoms with E-state index in [2.05, 4.69) is 15.3 Å². The molecule has 0 unspecified atom stereocenters. The van der Waals surface area contributed by atoms with Crippen LogP contribution in [0.3, 0.4) is 0 Å². The minimum atomic E-state index is -0.250. The number of carbonyl (C=O) groups is 1. The third-order valence-electron chi connectivity index (χ3n) is 3.23. The van der Waals surface area contributed by atoms with E-state index in [1.54, 1.807) is 19.3 Å². The average Bonchev–Trinajstić information content (AvgIpc) is 2.96. The number of pyridine rings is 1. The van der Waals surface area contributed by atoms with Crippen LogP contribution in [0.5, 0.6) is 0 Å². The Bertz CT molecular complexity index is 767. The van der Waals surface area contributed by atoms with Crippen molar-refractivity contribution < 1.29 is 9.21 Å². The molecule has 0 atom stereocenters. The predicted molar refractivity (Wildman–Crippen MR) is 82.1 cm³/mol. The Morgan fingerprint density at radius 3 is 2.59 bits per heavy atom. The lowest BCUT2D eigenvalue weighted by molar-refractivity contribution is 0.0945. The van der Waals surface area contributed by atoms with E-state index in [0.29, 0.717) is 23.9 Å². The quantitative estimate of drug-likeness (QED) is 0.803. The van der Waals surface area contributed by atoms with Crippen molar-refractivity contribution in [1.29, 1.82) is 0 Å². The molecule has 1 N–H and O–H groups in total. The van der Waals surface area contributed by atoms with Crippen molar-refractivity contribution in [2.45, 2.75) is 13.5 Å². The van der Waals surface area contributed by atoms with Crippen LogP contribution < -0.4 is 5.32 Å². The fourth-order valence-electron chi connectivity index (χ4n) is 2.08. The van der Waals surface area contributed by atoms with Crippen LogP contribution in [-0.2, 0) is 6.54 Å². The summed E-state index contributed by atoms with van der Waals surface area (Å²) in [4.78, 5) is 20.5. The summed E-state index contributed by atoms with van der Waals surface area (Å²) in [6, 6.07) is 13.2. The molecule has 5 heteroatoms. The Hall–Kier alpha value is -2.95. The largest absolute Gasteiger partial charge is 0.441 e. The lowest BCUT2D eigenvalue weighted by Crippen LogP contribution is -2.23.